The van der Waals surface area contributed by atoms with Crippen molar-refractivity contribution in [3.8, 4) is 10.6 Å². The number of thiazole rings is 1. The third-order valence-electron chi connectivity index (χ3n) is 3.85. The van der Waals surface area contributed by atoms with Gasteiger partial charge in [0.2, 0.25) is 0 Å². The number of hydrogen-bond donors (Lipinski definition) is 2. The standard InChI is InChI=1S/C19H13Cl3N2O3S/c20-11-4-1-3-10(7-11)14(8-16(25)26)23-18(27)15-9-28-19(24-15)12-5-2-6-13(21)17(12)22/h1-7,9,14H,8H2,(H,23,27)(H,25,26)/t14-/m0/s1. The van der Waals surface area contributed by atoms with Gasteiger partial charge in [0.15, 0.2) is 0 Å². The number of nitrogens with zero attached hydrogens (tertiary/aromatic N) is 1. The van der Waals surface area contributed by atoms with Crippen LogP contribution in [-0.4, -0.2) is 22.0 Å². The van der Waals surface area contributed by atoms with E-state index in [4.69, 9.17) is 34.8 Å². The number of carbonyl (C=O) groups is 2. The van der Waals surface area contributed by atoms with E-state index in [1.165, 1.54) is 11.3 Å². The highest BCUT2D eigenvalue weighted by Gasteiger charge is 2.21. The number of carbonyl (C=O) groups excluding carboxylic acids is 1. The van der Waals surface area contributed by atoms with Gasteiger partial charge in [0.05, 0.1) is 22.5 Å². The van der Waals surface area contributed by atoms with E-state index in [1.54, 1.807) is 47.8 Å². The average Bonchev–Trinajstić information content (AvgIpc) is 3.13. The molecule has 0 saturated carbocycles. The van der Waals surface area contributed by atoms with Crippen LogP contribution in [0.25, 0.3) is 10.6 Å². The number of carboxylic acids is 1. The van der Waals surface area contributed by atoms with E-state index in [0.717, 1.165) is 0 Å². The first kappa shape index (κ1) is 20.6. The quantitative estimate of drug-likeness (QED) is 0.498. The van der Waals surface area contributed by atoms with Crippen LogP contribution in [0.1, 0.15) is 28.5 Å². The number of amides is 1. The van der Waals surface area contributed by atoms with Gasteiger partial charge in [-0.3, -0.25) is 9.59 Å². The molecule has 3 aromatic rings. The van der Waals surface area contributed by atoms with Gasteiger partial charge in [0.1, 0.15) is 10.7 Å². The van der Waals surface area contributed by atoms with Crippen LogP contribution >= 0.6 is 46.1 Å². The molecule has 1 heterocycles. The summed E-state index contributed by atoms with van der Waals surface area (Å²) >= 11 is 19.5. The van der Waals surface area contributed by atoms with Crippen LogP contribution in [0.5, 0.6) is 0 Å². The van der Waals surface area contributed by atoms with Crippen molar-refractivity contribution >= 4 is 58.0 Å². The second-order valence-electron chi connectivity index (χ2n) is 5.82. The van der Waals surface area contributed by atoms with Crippen molar-refractivity contribution in [2.24, 2.45) is 0 Å². The second kappa shape index (κ2) is 8.92. The van der Waals surface area contributed by atoms with Crippen LogP contribution in [0.4, 0.5) is 0 Å². The van der Waals surface area contributed by atoms with Gasteiger partial charge in [0, 0.05) is 16.0 Å². The van der Waals surface area contributed by atoms with E-state index in [9.17, 15) is 14.7 Å². The summed E-state index contributed by atoms with van der Waals surface area (Å²) in [5.41, 5.74) is 1.38. The maximum absolute atomic E-state index is 12.6. The van der Waals surface area contributed by atoms with Crippen LogP contribution in [0.15, 0.2) is 47.8 Å². The lowest BCUT2D eigenvalue weighted by atomic mass is 10.0. The van der Waals surface area contributed by atoms with Crippen molar-refractivity contribution in [2.75, 3.05) is 0 Å². The largest absolute Gasteiger partial charge is 0.481 e. The first-order chi connectivity index (χ1) is 13.3. The van der Waals surface area contributed by atoms with Crippen molar-refractivity contribution in [1.82, 2.24) is 10.3 Å². The Morgan fingerprint density at radius 1 is 1.14 bits per heavy atom. The minimum absolute atomic E-state index is 0.161. The molecule has 0 bridgehead atoms. The van der Waals surface area contributed by atoms with E-state index in [-0.39, 0.29) is 12.1 Å². The minimum atomic E-state index is -1.05. The molecule has 0 aliphatic carbocycles. The molecule has 1 amide bonds. The highest BCUT2D eigenvalue weighted by molar-refractivity contribution is 7.13. The molecule has 9 heteroatoms. The van der Waals surface area contributed by atoms with Crippen LogP contribution in [0.3, 0.4) is 0 Å². The Morgan fingerprint density at radius 3 is 2.61 bits per heavy atom. The monoisotopic (exact) mass is 454 g/mol. The number of nitrogens with one attached hydrogen (secondary N) is 1. The fourth-order valence-corrected chi connectivity index (χ4v) is 4.03. The van der Waals surface area contributed by atoms with E-state index in [0.29, 0.717) is 31.2 Å². The van der Waals surface area contributed by atoms with Crippen LogP contribution in [-0.2, 0) is 4.79 Å². The molecule has 0 aliphatic heterocycles. The Labute approximate surface area is 179 Å². The first-order valence-corrected chi connectivity index (χ1v) is 10.0. The summed E-state index contributed by atoms with van der Waals surface area (Å²) in [4.78, 5) is 28.2. The van der Waals surface area contributed by atoms with Crippen molar-refractivity contribution in [1.29, 1.82) is 0 Å². The highest BCUT2D eigenvalue weighted by atomic mass is 35.5. The molecular weight excluding hydrogens is 443 g/mol. The van der Waals surface area contributed by atoms with E-state index in [2.05, 4.69) is 10.3 Å². The average molecular weight is 456 g/mol. The zero-order valence-electron chi connectivity index (χ0n) is 14.2. The molecule has 1 aromatic heterocycles. The van der Waals surface area contributed by atoms with E-state index in [1.807, 2.05) is 0 Å². The summed E-state index contributed by atoms with van der Waals surface area (Å²) in [6.07, 6.45) is -0.288. The maximum Gasteiger partial charge on any atom is 0.305 e. The molecular formula is C19H13Cl3N2O3S. The van der Waals surface area contributed by atoms with Crippen molar-refractivity contribution in [2.45, 2.75) is 12.5 Å². The molecule has 5 nitrogen and oxygen atoms in total. The fourth-order valence-electron chi connectivity index (χ4n) is 2.55. The lowest BCUT2D eigenvalue weighted by Gasteiger charge is -2.17. The van der Waals surface area contributed by atoms with E-state index < -0.39 is 17.9 Å². The fraction of sp³-hybridized carbons (Fsp3) is 0.105. The van der Waals surface area contributed by atoms with Crippen LogP contribution in [0.2, 0.25) is 15.1 Å². The second-order valence-corrected chi connectivity index (χ2v) is 7.90. The van der Waals surface area contributed by atoms with Crippen molar-refractivity contribution in [3.05, 3.63) is 74.2 Å². The number of rotatable bonds is 6. The smallest absolute Gasteiger partial charge is 0.305 e. The molecule has 144 valence electrons. The van der Waals surface area contributed by atoms with Gasteiger partial charge in [-0.1, -0.05) is 59.1 Å². The minimum Gasteiger partial charge on any atom is -0.481 e. The van der Waals surface area contributed by atoms with Gasteiger partial charge in [-0.25, -0.2) is 4.98 Å². The van der Waals surface area contributed by atoms with Crippen LogP contribution < -0.4 is 5.32 Å². The topological polar surface area (TPSA) is 79.3 Å². The van der Waals surface area contributed by atoms with Gasteiger partial charge in [-0.05, 0) is 23.8 Å². The number of hydrogen-bond acceptors (Lipinski definition) is 4. The predicted octanol–water partition coefficient (Wildman–Crippen LogP) is 5.72. The molecule has 1 atom stereocenters. The Bertz CT molecular complexity index is 1040. The summed E-state index contributed by atoms with van der Waals surface area (Å²) in [5.74, 6) is -1.54. The van der Waals surface area contributed by atoms with Crippen molar-refractivity contribution in [3.63, 3.8) is 0 Å². The Kier molecular flexibility index (Phi) is 6.57. The number of aliphatic carboxylic acids is 1. The number of aromatic nitrogens is 1. The molecule has 2 aromatic carbocycles. The summed E-state index contributed by atoms with van der Waals surface area (Å²) < 4.78 is 0. The van der Waals surface area contributed by atoms with Gasteiger partial charge in [-0.15, -0.1) is 11.3 Å². The summed E-state index contributed by atoms with van der Waals surface area (Å²) in [6, 6.07) is 11.1. The third-order valence-corrected chi connectivity index (χ3v) is 5.78. The maximum atomic E-state index is 12.6. The Morgan fingerprint density at radius 2 is 1.89 bits per heavy atom. The Hall–Kier alpha value is -2.12. The molecule has 0 fully saturated rings. The molecule has 0 aliphatic rings. The summed E-state index contributed by atoms with van der Waals surface area (Å²) in [7, 11) is 0. The Balaban J connectivity index is 1.84. The van der Waals surface area contributed by atoms with Gasteiger partial charge < -0.3 is 10.4 Å². The third kappa shape index (κ3) is 4.83. The number of halogens is 3. The first-order valence-electron chi connectivity index (χ1n) is 8.03. The molecule has 0 saturated heterocycles. The lowest BCUT2D eigenvalue weighted by Crippen LogP contribution is -2.30. The predicted molar refractivity (Wildman–Crippen MR) is 111 cm³/mol. The number of benzene rings is 2. The van der Waals surface area contributed by atoms with Gasteiger partial charge in [0.25, 0.3) is 5.91 Å². The summed E-state index contributed by atoms with van der Waals surface area (Å²) in [6.45, 7) is 0. The molecule has 0 spiro atoms. The van der Waals surface area contributed by atoms with E-state index >= 15 is 0 Å². The normalized spacial score (nSPS) is 11.8. The molecule has 0 unspecified atom stereocenters. The van der Waals surface area contributed by atoms with Gasteiger partial charge in [-0.2, -0.15) is 0 Å². The summed E-state index contributed by atoms with van der Waals surface area (Å²) in [5, 5.41) is 15.2. The zero-order chi connectivity index (χ0) is 20.3. The lowest BCUT2D eigenvalue weighted by molar-refractivity contribution is -0.137. The highest BCUT2D eigenvalue weighted by Crippen LogP contribution is 2.35. The molecule has 3 rings (SSSR count). The van der Waals surface area contributed by atoms with Gasteiger partial charge >= 0.3 is 5.97 Å². The molecule has 0 radical (unpaired) electrons. The van der Waals surface area contributed by atoms with Crippen LogP contribution in [0, 0.1) is 0 Å². The molecule has 28 heavy (non-hydrogen) atoms. The number of carboxylic acid groups (broad SMARTS) is 1. The van der Waals surface area contributed by atoms with Crippen molar-refractivity contribution < 1.29 is 14.7 Å². The molecule has 2 N–H and O–H groups in total. The zero-order valence-corrected chi connectivity index (χ0v) is 17.2. The SMILES string of the molecule is O=C(O)C[C@H](NC(=O)c1csc(-c2cccc(Cl)c2Cl)n1)c1cccc(Cl)c1.